The fourth-order valence-electron chi connectivity index (χ4n) is 0.780. The molecule has 0 aliphatic rings. The first-order valence-electron chi connectivity index (χ1n) is 3.87. The molecule has 0 saturated carbocycles. The predicted molar refractivity (Wildman–Crippen MR) is 43.3 cm³/mol. The van der Waals surface area contributed by atoms with Gasteiger partial charge in [-0.15, -0.1) is 0 Å². The van der Waals surface area contributed by atoms with E-state index in [0.29, 0.717) is 5.41 Å². The van der Waals surface area contributed by atoms with E-state index in [1.165, 1.54) is 12.8 Å². The maximum atomic E-state index is 2.31. The van der Waals surface area contributed by atoms with Gasteiger partial charge in [-0.25, -0.2) is 0 Å². The van der Waals surface area contributed by atoms with Crippen molar-refractivity contribution in [3.05, 3.63) is 5.92 Å². The van der Waals surface area contributed by atoms with Gasteiger partial charge >= 0.3 is 32.7 Å². The SMILES string of the molecule is CC[C-](C)C(C)(C)CC.[Y+3]. The van der Waals surface area contributed by atoms with Gasteiger partial charge in [0.1, 0.15) is 0 Å². The van der Waals surface area contributed by atoms with Crippen LogP contribution in [0.4, 0.5) is 0 Å². The molecule has 0 amide bonds. The Morgan fingerprint density at radius 3 is 1.70 bits per heavy atom. The second-order valence-electron chi connectivity index (χ2n) is 3.37. The molecule has 0 rings (SSSR count). The van der Waals surface area contributed by atoms with E-state index in [9.17, 15) is 0 Å². The van der Waals surface area contributed by atoms with Crippen LogP contribution in [0.15, 0.2) is 0 Å². The quantitative estimate of drug-likeness (QED) is 0.634. The average molecular weight is 216 g/mol. The van der Waals surface area contributed by atoms with Crippen molar-refractivity contribution in [1.29, 1.82) is 0 Å². The maximum absolute atomic E-state index is 2.31. The summed E-state index contributed by atoms with van der Waals surface area (Å²) in [4.78, 5) is 0. The van der Waals surface area contributed by atoms with Crippen LogP contribution in [0.3, 0.4) is 0 Å². The zero-order chi connectivity index (χ0) is 7.49. The summed E-state index contributed by atoms with van der Waals surface area (Å²) in [5.74, 6) is 1.62. The van der Waals surface area contributed by atoms with Crippen LogP contribution in [0, 0.1) is 11.3 Å². The molecule has 0 aromatic heterocycles. The first-order valence-corrected chi connectivity index (χ1v) is 3.87. The Kier molecular flexibility index (Phi) is 7.82. The molecule has 0 N–H and O–H groups in total. The Hall–Kier alpha value is 1.10. The van der Waals surface area contributed by atoms with Gasteiger partial charge in [-0.2, -0.15) is 18.8 Å². The third-order valence-corrected chi connectivity index (χ3v) is 2.57. The fraction of sp³-hybridized carbons (Fsp3) is 0.889. The molecule has 0 heterocycles. The zero-order valence-electron chi connectivity index (χ0n) is 7.99. The summed E-state index contributed by atoms with van der Waals surface area (Å²) >= 11 is 0. The minimum atomic E-state index is 0. The van der Waals surface area contributed by atoms with Crippen molar-refractivity contribution in [2.45, 2.75) is 47.5 Å². The largest absolute Gasteiger partial charge is 3.00 e. The molecule has 0 fully saturated rings. The maximum Gasteiger partial charge on any atom is 3.00 e. The van der Waals surface area contributed by atoms with Crippen LogP contribution in [-0.2, 0) is 32.7 Å². The third kappa shape index (κ3) is 4.08. The smallest absolute Gasteiger partial charge is 0.311 e. The first-order chi connectivity index (χ1) is 4.04. The van der Waals surface area contributed by atoms with E-state index in [0.717, 1.165) is 0 Å². The minimum Gasteiger partial charge on any atom is -0.311 e. The number of rotatable bonds is 3. The molecule has 56 valence electrons. The Morgan fingerprint density at radius 1 is 1.20 bits per heavy atom. The van der Waals surface area contributed by atoms with Crippen molar-refractivity contribution in [2.24, 2.45) is 5.41 Å². The van der Waals surface area contributed by atoms with Crippen LogP contribution in [0.2, 0.25) is 0 Å². The normalized spacial score (nSPS) is 11.4. The van der Waals surface area contributed by atoms with Gasteiger partial charge in [-0.05, 0) is 0 Å². The van der Waals surface area contributed by atoms with Gasteiger partial charge in [0, 0.05) is 0 Å². The van der Waals surface area contributed by atoms with Crippen molar-refractivity contribution in [1.82, 2.24) is 0 Å². The first kappa shape index (κ1) is 13.7. The zero-order valence-corrected chi connectivity index (χ0v) is 10.8. The van der Waals surface area contributed by atoms with E-state index < -0.39 is 0 Å². The molecule has 1 heteroatoms. The van der Waals surface area contributed by atoms with Crippen LogP contribution < -0.4 is 0 Å². The van der Waals surface area contributed by atoms with Gasteiger partial charge in [-0.3, -0.25) is 0 Å². The van der Waals surface area contributed by atoms with Gasteiger partial charge in [0.25, 0.3) is 0 Å². The summed E-state index contributed by atoms with van der Waals surface area (Å²) in [6, 6.07) is 0. The summed E-state index contributed by atoms with van der Waals surface area (Å²) < 4.78 is 0. The summed E-state index contributed by atoms with van der Waals surface area (Å²) in [6.07, 6.45) is 2.48. The van der Waals surface area contributed by atoms with E-state index >= 15 is 0 Å². The molecule has 0 spiro atoms. The van der Waals surface area contributed by atoms with Crippen LogP contribution >= 0.6 is 0 Å². The molecule has 0 aliphatic carbocycles. The van der Waals surface area contributed by atoms with Crippen molar-refractivity contribution in [3.63, 3.8) is 0 Å². The van der Waals surface area contributed by atoms with E-state index in [1.807, 2.05) is 0 Å². The molecular formula is C9H19Y+2. The monoisotopic (exact) mass is 216 g/mol. The Morgan fingerprint density at radius 2 is 1.60 bits per heavy atom. The average Bonchev–Trinajstić information content (AvgIpc) is 1.86. The van der Waals surface area contributed by atoms with Crippen LogP contribution in [0.1, 0.15) is 47.5 Å². The Bertz CT molecular complexity index is 76.8. The molecule has 0 unspecified atom stereocenters. The summed E-state index contributed by atoms with van der Waals surface area (Å²) in [6.45, 7) is 11.4. The van der Waals surface area contributed by atoms with E-state index in [4.69, 9.17) is 0 Å². The molecule has 0 aromatic rings. The van der Waals surface area contributed by atoms with E-state index in [1.54, 1.807) is 5.92 Å². The Balaban J connectivity index is 0. The minimum absolute atomic E-state index is 0. The molecule has 0 nitrogen and oxygen atoms in total. The van der Waals surface area contributed by atoms with Gasteiger partial charge in [-0.1, -0.05) is 34.1 Å². The van der Waals surface area contributed by atoms with Crippen LogP contribution in [-0.4, -0.2) is 0 Å². The molecule has 0 bridgehead atoms. The van der Waals surface area contributed by atoms with Crippen molar-refractivity contribution in [3.8, 4) is 0 Å². The Labute approximate surface area is 91.0 Å². The van der Waals surface area contributed by atoms with Crippen molar-refractivity contribution in [2.75, 3.05) is 0 Å². The number of hydrogen-bond acceptors (Lipinski definition) is 0. The topological polar surface area (TPSA) is 0 Å². The van der Waals surface area contributed by atoms with E-state index in [-0.39, 0.29) is 32.7 Å². The summed E-state index contributed by atoms with van der Waals surface area (Å²) in [5.41, 5.74) is 0.467. The predicted octanol–water partition coefficient (Wildman–Crippen LogP) is 3.42. The summed E-state index contributed by atoms with van der Waals surface area (Å²) in [5, 5.41) is 0. The van der Waals surface area contributed by atoms with Gasteiger partial charge in [0.15, 0.2) is 0 Å². The van der Waals surface area contributed by atoms with Crippen molar-refractivity contribution >= 4 is 0 Å². The van der Waals surface area contributed by atoms with Gasteiger partial charge in [0.2, 0.25) is 0 Å². The molecular weight excluding hydrogens is 197 g/mol. The van der Waals surface area contributed by atoms with Gasteiger partial charge in [0.05, 0.1) is 0 Å². The standard InChI is InChI=1S/C9H19.Y/c1-6-8(3)9(4,5)7-2;/h6-7H2,1-5H3;/q-1;+3. The fourth-order valence-corrected chi connectivity index (χ4v) is 0.780. The van der Waals surface area contributed by atoms with Gasteiger partial charge < -0.3 is 5.92 Å². The molecule has 0 aliphatic heterocycles. The third-order valence-electron chi connectivity index (χ3n) is 2.57. The molecule has 0 radical (unpaired) electrons. The second-order valence-corrected chi connectivity index (χ2v) is 3.37. The molecule has 10 heavy (non-hydrogen) atoms. The van der Waals surface area contributed by atoms with Crippen LogP contribution in [0.25, 0.3) is 0 Å². The molecule has 0 aromatic carbocycles. The van der Waals surface area contributed by atoms with Crippen LogP contribution in [0.5, 0.6) is 0 Å². The molecule has 0 atom stereocenters. The van der Waals surface area contributed by atoms with Crippen molar-refractivity contribution < 1.29 is 32.7 Å². The molecule has 0 saturated heterocycles. The second kappa shape index (κ2) is 5.72. The number of hydrogen-bond donors (Lipinski definition) is 0. The van der Waals surface area contributed by atoms with E-state index in [2.05, 4.69) is 34.6 Å². The summed E-state index contributed by atoms with van der Waals surface area (Å²) in [7, 11) is 0.